The molecule has 0 aliphatic heterocycles. The SMILES string of the molecule is O=S(=O)(c1ccccc1)c1ccc(-c2ccnn2-c2ccccc2)nn1. The summed E-state index contributed by atoms with van der Waals surface area (Å²) in [5.41, 5.74) is 2.15. The van der Waals surface area contributed by atoms with Crippen LogP contribution in [0.2, 0.25) is 0 Å². The first-order valence-corrected chi connectivity index (χ1v) is 9.38. The van der Waals surface area contributed by atoms with Gasteiger partial charge >= 0.3 is 0 Å². The lowest BCUT2D eigenvalue weighted by Crippen LogP contribution is -2.06. The molecule has 0 N–H and O–H groups in total. The molecule has 4 aromatic rings. The molecule has 0 spiro atoms. The molecule has 2 aromatic heterocycles. The molecule has 4 rings (SSSR count). The molecule has 7 heteroatoms. The van der Waals surface area contributed by atoms with Gasteiger partial charge in [-0.2, -0.15) is 5.10 Å². The number of sulfone groups is 1. The lowest BCUT2D eigenvalue weighted by atomic mass is 10.2. The molecule has 0 aliphatic rings. The van der Waals surface area contributed by atoms with Crippen molar-refractivity contribution < 1.29 is 8.42 Å². The van der Waals surface area contributed by atoms with Crippen molar-refractivity contribution >= 4 is 9.84 Å². The van der Waals surface area contributed by atoms with Gasteiger partial charge in [0.15, 0.2) is 5.03 Å². The third-order valence-electron chi connectivity index (χ3n) is 3.87. The zero-order valence-corrected chi connectivity index (χ0v) is 14.4. The van der Waals surface area contributed by atoms with Gasteiger partial charge in [-0.1, -0.05) is 36.4 Å². The predicted molar refractivity (Wildman–Crippen MR) is 96.5 cm³/mol. The van der Waals surface area contributed by atoms with Gasteiger partial charge in [0.25, 0.3) is 0 Å². The van der Waals surface area contributed by atoms with E-state index in [9.17, 15) is 8.42 Å². The minimum absolute atomic E-state index is 0.0850. The van der Waals surface area contributed by atoms with E-state index in [1.54, 1.807) is 35.1 Å². The number of nitrogens with zero attached hydrogens (tertiary/aromatic N) is 4. The van der Waals surface area contributed by atoms with Gasteiger partial charge in [-0.3, -0.25) is 0 Å². The second kappa shape index (κ2) is 6.53. The maximum atomic E-state index is 12.6. The summed E-state index contributed by atoms with van der Waals surface area (Å²) >= 11 is 0. The Bertz CT molecular complexity index is 1120. The number of benzene rings is 2. The van der Waals surface area contributed by atoms with Crippen molar-refractivity contribution in [3.8, 4) is 17.1 Å². The summed E-state index contributed by atoms with van der Waals surface area (Å²) in [4.78, 5) is 0.191. The highest BCUT2D eigenvalue weighted by Gasteiger charge is 2.20. The molecule has 0 radical (unpaired) electrons. The number of aromatic nitrogens is 4. The first kappa shape index (κ1) is 16.2. The molecule has 0 bridgehead atoms. The van der Waals surface area contributed by atoms with Crippen molar-refractivity contribution in [3.05, 3.63) is 85.1 Å². The summed E-state index contributed by atoms with van der Waals surface area (Å²) < 4.78 is 26.9. The normalized spacial score (nSPS) is 11.4. The van der Waals surface area contributed by atoms with Crippen molar-refractivity contribution in [2.24, 2.45) is 0 Å². The number of hydrogen-bond acceptors (Lipinski definition) is 5. The Labute approximate surface area is 150 Å². The molecule has 128 valence electrons. The summed E-state index contributed by atoms with van der Waals surface area (Å²) in [6.45, 7) is 0. The Morgan fingerprint density at radius 1 is 0.731 bits per heavy atom. The van der Waals surface area contributed by atoms with E-state index < -0.39 is 9.84 Å². The van der Waals surface area contributed by atoms with E-state index in [0.29, 0.717) is 5.69 Å². The Kier molecular flexibility index (Phi) is 4.06. The van der Waals surface area contributed by atoms with Crippen molar-refractivity contribution in [3.63, 3.8) is 0 Å². The van der Waals surface area contributed by atoms with E-state index >= 15 is 0 Å². The summed E-state index contributed by atoms with van der Waals surface area (Å²) in [6, 6.07) is 22.7. The predicted octanol–water partition coefficient (Wildman–Crippen LogP) is 3.16. The Balaban J connectivity index is 1.71. The maximum absolute atomic E-state index is 12.6. The third-order valence-corrected chi connectivity index (χ3v) is 5.54. The maximum Gasteiger partial charge on any atom is 0.225 e. The average Bonchev–Trinajstić information content (AvgIpc) is 3.19. The van der Waals surface area contributed by atoms with Crippen LogP contribution in [0, 0.1) is 0 Å². The first-order chi connectivity index (χ1) is 12.7. The van der Waals surface area contributed by atoms with Gasteiger partial charge in [0.2, 0.25) is 9.84 Å². The smallest absolute Gasteiger partial charge is 0.225 e. The van der Waals surface area contributed by atoms with E-state index in [-0.39, 0.29) is 9.92 Å². The first-order valence-electron chi connectivity index (χ1n) is 7.90. The third kappa shape index (κ3) is 2.89. The van der Waals surface area contributed by atoms with Gasteiger partial charge in [0.05, 0.1) is 22.5 Å². The van der Waals surface area contributed by atoms with E-state index in [4.69, 9.17) is 0 Å². The van der Waals surface area contributed by atoms with E-state index in [1.807, 2.05) is 36.4 Å². The molecule has 0 unspecified atom stereocenters. The van der Waals surface area contributed by atoms with Gasteiger partial charge in [0, 0.05) is 0 Å². The molecular weight excluding hydrogens is 348 g/mol. The minimum atomic E-state index is -3.68. The van der Waals surface area contributed by atoms with Crippen LogP contribution >= 0.6 is 0 Å². The molecule has 0 saturated carbocycles. The molecule has 26 heavy (non-hydrogen) atoms. The summed E-state index contributed by atoms with van der Waals surface area (Å²) in [6.07, 6.45) is 1.67. The molecule has 0 atom stereocenters. The second-order valence-electron chi connectivity index (χ2n) is 5.54. The molecule has 0 saturated heterocycles. The molecule has 2 heterocycles. The van der Waals surface area contributed by atoms with Crippen molar-refractivity contribution in [1.29, 1.82) is 0 Å². The standard InChI is InChI=1S/C19H14N4O2S/c24-26(25,16-9-5-2-6-10-16)19-12-11-17(21-22-19)18-13-14-20-23(18)15-7-3-1-4-8-15/h1-14H. The average molecular weight is 362 g/mol. The molecule has 0 aliphatic carbocycles. The molecule has 6 nitrogen and oxygen atoms in total. The van der Waals surface area contributed by atoms with Gasteiger partial charge in [-0.15, -0.1) is 10.2 Å². The molecule has 0 amide bonds. The largest absolute Gasteiger partial charge is 0.231 e. The summed E-state index contributed by atoms with van der Waals surface area (Å²) in [7, 11) is -3.68. The van der Waals surface area contributed by atoms with Crippen molar-refractivity contribution in [1.82, 2.24) is 20.0 Å². The minimum Gasteiger partial charge on any atom is -0.231 e. The lowest BCUT2D eigenvalue weighted by Gasteiger charge is -2.07. The second-order valence-corrected chi connectivity index (χ2v) is 7.43. The van der Waals surface area contributed by atoms with Gasteiger partial charge in [-0.05, 0) is 42.5 Å². The zero-order valence-electron chi connectivity index (χ0n) is 13.6. The van der Waals surface area contributed by atoms with Crippen LogP contribution in [0.15, 0.2) is 95.0 Å². The molecular formula is C19H14N4O2S. The van der Waals surface area contributed by atoms with Crippen LogP contribution in [0.1, 0.15) is 0 Å². The quantitative estimate of drug-likeness (QED) is 0.557. The van der Waals surface area contributed by atoms with Gasteiger partial charge in [0.1, 0.15) is 5.69 Å². The van der Waals surface area contributed by atoms with Crippen molar-refractivity contribution in [2.45, 2.75) is 9.92 Å². The lowest BCUT2D eigenvalue weighted by molar-refractivity contribution is 0.590. The molecule has 0 fully saturated rings. The molecule has 2 aromatic carbocycles. The van der Waals surface area contributed by atoms with E-state index in [1.165, 1.54) is 18.2 Å². The Morgan fingerprint density at radius 2 is 1.42 bits per heavy atom. The highest BCUT2D eigenvalue weighted by atomic mass is 32.2. The zero-order chi connectivity index (χ0) is 18.0. The van der Waals surface area contributed by atoms with Crippen LogP contribution in [0.4, 0.5) is 0 Å². The summed E-state index contributed by atoms with van der Waals surface area (Å²) in [5.74, 6) is 0. The number of para-hydroxylation sites is 1. The highest BCUT2D eigenvalue weighted by Crippen LogP contribution is 2.22. The van der Waals surface area contributed by atoms with Crippen LogP contribution in [-0.2, 0) is 9.84 Å². The number of rotatable bonds is 4. The van der Waals surface area contributed by atoms with E-state index in [0.717, 1.165) is 11.4 Å². The van der Waals surface area contributed by atoms with Gasteiger partial charge < -0.3 is 0 Å². The summed E-state index contributed by atoms with van der Waals surface area (Å²) in [5, 5.41) is 12.3. The fraction of sp³-hybridized carbons (Fsp3) is 0. The topological polar surface area (TPSA) is 77.7 Å². The monoisotopic (exact) mass is 362 g/mol. The Morgan fingerprint density at radius 3 is 2.08 bits per heavy atom. The van der Waals surface area contributed by atoms with Crippen molar-refractivity contribution in [2.75, 3.05) is 0 Å². The Hall–Kier alpha value is -3.32. The van der Waals surface area contributed by atoms with Gasteiger partial charge in [-0.25, -0.2) is 13.1 Å². The number of hydrogen-bond donors (Lipinski definition) is 0. The fourth-order valence-electron chi connectivity index (χ4n) is 2.59. The van der Waals surface area contributed by atoms with Crippen LogP contribution in [0.25, 0.3) is 17.1 Å². The van der Waals surface area contributed by atoms with Crippen LogP contribution < -0.4 is 0 Å². The van der Waals surface area contributed by atoms with Crippen LogP contribution in [-0.4, -0.2) is 28.4 Å². The fourth-order valence-corrected chi connectivity index (χ4v) is 3.75. The van der Waals surface area contributed by atoms with Crippen LogP contribution in [0.5, 0.6) is 0 Å². The van der Waals surface area contributed by atoms with Crippen LogP contribution in [0.3, 0.4) is 0 Å². The highest BCUT2D eigenvalue weighted by molar-refractivity contribution is 7.91. The van der Waals surface area contributed by atoms with E-state index in [2.05, 4.69) is 15.3 Å².